The minimum absolute atomic E-state index is 0.0687. The van der Waals surface area contributed by atoms with E-state index < -0.39 is 12.5 Å². The van der Waals surface area contributed by atoms with Crippen LogP contribution in [-0.4, -0.2) is 54.4 Å². The quantitative estimate of drug-likeness (QED) is 0.545. The van der Waals surface area contributed by atoms with Gasteiger partial charge in [0.2, 0.25) is 0 Å². The number of alkyl halides is 2. The summed E-state index contributed by atoms with van der Waals surface area (Å²) >= 11 is 0. The van der Waals surface area contributed by atoms with Gasteiger partial charge in [-0.25, -0.2) is 0 Å². The zero-order valence-electron chi connectivity index (χ0n) is 17.7. The molecule has 0 aliphatic carbocycles. The van der Waals surface area contributed by atoms with E-state index in [9.17, 15) is 18.4 Å². The molecule has 0 saturated carbocycles. The standard InChI is InChI=1S/C25H22F2N2O4/c26-25(27)33-22-13-7-5-11-20(22)24(31)29-16-14-28(15-17-29)23(30)19-10-4-6-12-21(19)32-18-8-2-1-3-9-18/h1-13,25H,14-17H2. The highest BCUT2D eigenvalue weighted by atomic mass is 19.3. The third kappa shape index (κ3) is 5.28. The van der Waals surface area contributed by atoms with Crippen molar-refractivity contribution in [2.24, 2.45) is 0 Å². The molecule has 1 heterocycles. The Balaban J connectivity index is 1.43. The van der Waals surface area contributed by atoms with Gasteiger partial charge in [-0.3, -0.25) is 9.59 Å². The molecule has 1 saturated heterocycles. The summed E-state index contributed by atoms with van der Waals surface area (Å²) in [4.78, 5) is 29.2. The molecule has 0 N–H and O–H groups in total. The molecular weight excluding hydrogens is 430 g/mol. The first-order chi connectivity index (χ1) is 16.0. The van der Waals surface area contributed by atoms with E-state index in [0.717, 1.165) is 0 Å². The molecule has 4 rings (SSSR count). The molecule has 3 aromatic rings. The number of hydrogen-bond acceptors (Lipinski definition) is 4. The van der Waals surface area contributed by atoms with Crippen LogP contribution in [0.2, 0.25) is 0 Å². The van der Waals surface area contributed by atoms with Crippen molar-refractivity contribution in [3.63, 3.8) is 0 Å². The smallest absolute Gasteiger partial charge is 0.387 e. The van der Waals surface area contributed by atoms with Gasteiger partial charge in [0.15, 0.2) is 0 Å². The van der Waals surface area contributed by atoms with E-state index in [4.69, 9.17) is 4.74 Å². The number of carbonyl (C=O) groups is 2. The summed E-state index contributed by atoms with van der Waals surface area (Å²) in [6.07, 6.45) is 0. The van der Waals surface area contributed by atoms with Gasteiger partial charge in [0, 0.05) is 26.2 Å². The van der Waals surface area contributed by atoms with Gasteiger partial charge in [-0.15, -0.1) is 0 Å². The summed E-state index contributed by atoms with van der Waals surface area (Å²) in [7, 11) is 0. The third-order valence-corrected chi connectivity index (χ3v) is 5.28. The molecule has 0 unspecified atom stereocenters. The summed E-state index contributed by atoms with van der Waals surface area (Å²) in [5.41, 5.74) is 0.496. The number of nitrogens with zero attached hydrogens (tertiary/aromatic N) is 2. The van der Waals surface area contributed by atoms with Gasteiger partial charge in [0.25, 0.3) is 11.8 Å². The van der Waals surface area contributed by atoms with E-state index in [1.165, 1.54) is 23.1 Å². The minimum Gasteiger partial charge on any atom is -0.457 e. The summed E-state index contributed by atoms with van der Waals surface area (Å²) in [5.74, 6) is 0.298. The minimum atomic E-state index is -3.02. The number of halogens is 2. The van der Waals surface area contributed by atoms with Crippen LogP contribution in [0.1, 0.15) is 20.7 Å². The molecular formula is C25H22F2N2O4. The number of benzene rings is 3. The number of para-hydroxylation sites is 3. The van der Waals surface area contributed by atoms with E-state index in [1.54, 1.807) is 47.4 Å². The lowest BCUT2D eigenvalue weighted by molar-refractivity contribution is -0.0503. The van der Waals surface area contributed by atoms with Gasteiger partial charge < -0.3 is 19.3 Å². The molecule has 0 atom stereocenters. The molecule has 1 aliphatic rings. The van der Waals surface area contributed by atoms with Crippen LogP contribution in [-0.2, 0) is 0 Å². The number of amides is 2. The monoisotopic (exact) mass is 452 g/mol. The lowest BCUT2D eigenvalue weighted by atomic mass is 10.1. The van der Waals surface area contributed by atoms with Crippen LogP contribution < -0.4 is 9.47 Å². The Morgan fingerprint density at radius 3 is 1.67 bits per heavy atom. The molecule has 8 heteroatoms. The van der Waals surface area contributed by atoms with Crippen molar-refractivity contribution in [2.75, 3.05) is 26.2 Å². The normalized spacial score (nSPS) is 13.7. The lowest BCUT2D eigenvalue weighted by Gasteiger charge is -2.35. The first kappa shape index (κ1) is 22.3. The Labute approximate surface area is 189 Å². The van der Waals surface area contributed by atoms with E-state index in [1.807, 2.05) is 18.2 Å². The average Bonchev–Trinajstić information content (AvgIpc) is 2.84. The summed E-state index contributed by atoms with van der Waals surface area (Å²) in [5, 5.41) is 0. The van der Waals surface area contributed by atoms with E-state index in [2.05, 4.69) is 4.74 Å². The predicted molar refractivity (Wildman–Crippen MR) is 118 cm³/mol. The second-order valence-electron chi connectivity index (χ2n) is 7.37. The highest BCUT2D eigenvalue weighted by molar-refractivity contribution is 5.98. The number of piperazine rings is 1. The van der Waals surface area contributed by atoms with Crippen LogP contribution in [0.15, 0.2) is 78.9 Å². The summed E-state index contributed by atoms with van der Waals surface area (Å²) in [6, 6.07) is 22.1. The lowest BCUT2D eigenvalue weighted by Crippen LogP contribution is -2.50. The molecule has 2 amide bonds. The van der Waals surface area contributed by atoms with Gasteiger partial charge in [-0.05, 0) is 36.4 Å². The largest absolute Gasteiger partial charge is 0.457 e. The number of ether oxygens (including phenoxy) is 2. The maximum atomic E-state index is 13.2. The summed E-state index contributed by atoms with van der Waals surface area (Å²) < 4.78 is 35.7. The van der Waals surface area contributed by atoms with Crippen LogP contribution in [0.4, 0.5) is 8.78 Å². The Morgan fingerprint density at radius 1 is 0.667 bits per heavy atom. The SMILES string of the molecule is O=C(c1ccccc1Oc1ccccc1)N1CCN(C(=O)c2ccccc2OC(F)F)CC1. The molecule has 0 radical (unpaired) electrons. The van der Waals surface area contributed by atoms with E-state index in [0.29, 0.717) is 30.2 Å². The van der Waals surface area contributed by atoms with Crippen LogP contribution in [0.3, 0.4) is 0 Å². The van der Waals surface area contributed by atoms with Crippen molar-refractivity contribution in [1.82, 2.24) is 9.80 Å². The topological polar surface area (TPSA) is 59.1 Å². The fourth-order valence-corrected chi connectivity index (χ4v) is 3.64. The van der Waals surface area contributed by atoms with Crippen LogP contribution in [0, 0.1) is 0 Å². The van der Waals surface area contributed by atoms with Crippen LogP contribution >= 0.6 is 0 Å². The molecule has 0 bridgehead atoms. The molecule has 1 fully saturated rings. The van der Waals surface area contributed by atoms with Crippen molar-refractivity contribution in [2.45, 2.75) is 6.61 Å². The third-order valence-electron chi connectivity index (χ3n) is 5.28. The fourth-order valence-electron chi connectivity index (χ4n) is 3.64. The molecule has 0 spiro atoms. The highest BCUT2D eigenvalue weighted by Gasteiger charge is 2.28. The molecule has 6 nitrogen and oxygen atoms in total. The second kappa shape index (κ2) is 10.1. The summed E-state index contributed by atoms with van der Waals surface area (Å²) in [6.45, 7) is -1.86. The van der Waals surface area contributed by atoms with Gasteiger partial charge in [0.1, 0.15) is 17.2 Å². The van der Waals surface area contributed by atoms with Crippen LogP contribution in [0.25, 0.3) is 0 Å². The zero-order valence-corrected chi connectivity index (χ0v) is 17.7. The van der Waals surface area contributed by atoms with E-state index in [-0.39, 0.29) is 30.3 Å². The first-order valence-electron chi connectivity index (χ1n) is 10.5. The fraction of sp³-hybridized carbons (Fsp3) is 0.200. The first-order valence-corrected chi connectivity index (χ1v) is 10.5. The number of rotatable bonds is 6. The van der Waals surface area contributed by atoms with Gasteiger partial charge in [-0.2, -0.15) is 8.78 Å². The average molecular weight is 452 g/mol. The Kier molecular flexibility index (Phi) is 6.83. The number of carbonyl (C=O) groups excluding carboxylic acids is 2. The number of hydrogen-bond donors (Lipinski definition) is 0. The molecule has 3 aromatic carbocycles. The maximum absolute atomic E-state index is 13.2. The van der Waals surface area contributed by atoms with Crippen LogP contribution in [0.5, 0.6) is 17.2 Å². The molecule has 170 valence electrons. The maximum Gasteiger partial charge on any atom is 0.387 e. The second-order valence-corrected chi connectivity index (χ2v) is 7.37. The van der Waals surface area contributed by atoms with Crippen molar-refractivity contribution in [3.8, 4) is 17.2 Å². The van der Waals surface area contributed by atoms with Crippen molar-refractivity contribution >= 4 is 11.8 Å². The van der Waals surface area contributed by atoms with Crippen molar-refractivity contribution in [1.29, 1.82) is 0 Å². The van der Waals surface area contributed by atoms with Gasteiger partial charge in [0.05, 0.1) is 11.1 Å². The molecule has 33 heavy (non-hydrogen) atoms. The highest BCUT2D eigenvalue weighted by Crippen LogP contribution is 2.27. The van der Waals surface area contributed by atoms with Gasteiger partial charge in [-0.1, -0.05) is 42.5 Å². The molecule has 0 aromatic heterocycles. The van der Waals surface area contributed by atoms with Crippen molar-refractivity contribution in [3.05, 3.63) is 90.0 Å². The van der Waals surface area contributed by atoms with Gasteiger partial charge >= 0.3 is 6.61 Å². The Bertz CT molecular complexity index is 1120. The van der Waals surface area contributed by atoms with Crippen molar-refractivity contribution < 1.29 is 27.8 Å². The van der Waals surface area contributed by atoms with E-state index >= 15 is 0 Å². The predicted octanol–water partition coefficient (Wildman–Crippen LogP) is 4.68. The Morgan fingerprint density at radius 2 is 1.12 bits per heavy atom. The Hall–Kier alpha value is -3.94. The zero-order chi connectivity index (χ0) is 23.2. The molecule has 1 aliphatic heterocycles.